The van der Waals surface area contributed by atoms with E-state index in [1.54, 1.807) is 0 Å². The monoisotopic (exact) mass is 251 g/mol. The Morgan fingerprint density at radius 1 is 1.44 bits per heavy atom. The van der Waals surface area contributed by atoms with Crippen molar-refractivity contribution in [2.24, 2.45) is 0 Å². The van der Waals surface area contributed by atoms with Gasteiger partial charge in [0.1, 0.15) is 0 Å². The molecule has 1 heterocycles. The predicted octanol–water partition coefficient (Wildman–Crippen LogP) is 1.38. The van der Waals surface area contributed by atoms with E-state index in [9.17, 15) is 8.78 Å². The highest BCUT2D eigenvalue weighted by molar-refractivity contribution is 7.99. The van der Waals surface area contributed by atoms with Gasteiger partial charge in [0.15, 0.2) is 0 Å². The van der Waals surface area contributed by atoms with Crippen molar-refractivity contribution < 1.29 is 8.78 Å². The topological polar surface area (TPSA) is 55.6 Å². The van der Waals surface area contributed by atoms with Gasteiger partial charge in [0, 0.05) is 12.1 Å². The fourth-order valence-electron chi connectivity index (χ4n) is 1.04. The number of alkyl halides is 2. The zero-order valence-corrected chi connectivity index (χ0v) is 10.3. The lowest BCUT2D eigenvalue weighted by molar-refractivity contribution is 0.251. The minimum absolute atomic E-state index is 0.00989. The molecule has 1 aromatic heterocycles. The lowest BCUT2D eigenvalue weighted by Gasteiger charge is -2.20. The highest BCUT2D eigenvalue weighted by Crippen LogP contribution is 2.21. The van der Waals surface area contributed by atoms with Crippen LogP contribution in [-0.2, 0) is 6.54 Å². The molecule has 0 atom stereocenters. The van der Waals surface area contributed by atoms with Crippen molar-refractivity contribution >= 4 is 11.8 Å². The molecule has 0 aromatic carbocycles. The minimum Gasteiger partial charge on any atom is -0.310 e. The van der Waals surface area contributed by atoms with Crippen molar-refractivity contribution in [3.05, 3.63) is 0 Å². The first-order valence-electron chi connectivity index (χ1n) is 4.84. The number of hydrogen-bond acceptors (Lipinski definition) is 5. The van der Waals surface area contributed by atoms with Crippen LogP contribution in [0.2, 0.25) is 0 Å². The van der Waals surface area contributed by atoms with Gasteiger partial charge < -0.3 is 5.32 Å². The number of rotatable bonds is 5. The number of nitrogens with zero attached hydrogens (tertiary/aromatic N) is 4. The van der Waals surface area contributed by atoms with E-state index in [4.69, 9.17) is 0 Å². The Labute approximate surface area is 97.0 Å². The molecule has 0 spiro atoms. The Morgan fingerprint density at radius 2 is 2.12 bits per heavy atom. The van der Waals surface area contributed by atoms with Gasteiger partial charge in [0.2, 0.25) is 5.16 Å². The number of thioether (sulfide) groups is 1. The molecule has 0 amide bonds. The maximum Gasteiger partial charge on any atom is 0.291 e. The Morgan fingerprint density at radius 3 is 2.69 bits per heavy atom. The fraction of sp³-hybridized carbons (Fsp3) is 0.875. The molecule has 16 heavy (non-hydrogen) atoms. The molecule has 0 saturated carbocycles. The van der Waals surface area contributed by atoms with Gasteiger partial charge in [-0.25, -0.2) is 4.68 Å². The molecule has 1 aromatic rings. The first-order chi connectivity index (χ1) is 7.38. The first kappa shape index (κ1) is 13.3. The minimum atomic E-state index is -2.50. The molecule has 0 aliphatic rings. The van der Waals surface area contributed by atoms with Crippen LogP contribution >= 0.6 is 11.8 Å². The molecule has 0 saturated heterocycles. The van der Waals surface area contributed by atoms with Crippen molar-refractivity contribution in [1.82, 2.24) is 25.5 Å². The van der Waals surface area contributed by atoms with Crippen molar-refractivity contribution in [2.75, 3.05) is 6.54 Å². The molecule has 1 N–H and O–H groups in total. The van der Waals surface area contributed by atoms with E-state index in [0.717, 1.165) is 0 Å². The second-order valence-corrected chi connectivity index (χ2v) is 5.20. The highest BCUT2D eigenvalue weighted by Gasteiger charge is 2.14. The molecule has 0 fully saturated rings. The van der Waals surface area contributed by atoms with Crippen LogP contribution in [0.4, 0.5) is 8.78 Å². The summed E-state index contributed by atoms with van der Waals surface area (Å²) in [6, 6.07) is 0. The third kappa shape index (κ3) is 4.84. The molecule has 92 valence electrons. The summed E-state index contributed by atoms with van der Waals surface area (Å²) in [4.78, 5) is 0. The highest BCUT2D eigenvalue weighted by atomic mass is 32.2. The van der Waals surface area contributed by atoms with Gasteiger partial charge in [-0.05, 0) is 43.0 Å². The van der Waals surface area contributed by atoms with Crippen LogP contribution in [0.25, 0.3) is 0 Å². The summed E-state index contributed by atoms with van der Waals surface area (Å²) in [5.41, 5.74) is -0.00989. The van der Waals surface area contributed by atoms with Gasteiger partial charge in [-0.3, -0.25) is 0 Å². The fourth-order valence-corrected chi connectivity index (χ4v) is 1.53. The second-order valence-electron chi connectivity index (χ2n) is 4.24. The molecule has 0 unspecified atom stereocenters. The molecule has 0 aliphatic heterocycles. The van der Waals surface area contributed by atoms with E-state index in [2.05, 4.69) is 20.8 Å². The van der Waals surface area contributed by atoms with E-state index in [1.807, 2.05) is 20.8 Å². The average molecular weight is 251 g/mol. The summed E-state index contributed by atoms with van der Waals surface area (Å²) >= 11 is 0.355. The van der Waals surface area contributed by atoms with Crippen LogP contribution in [0.5, 0.6) is 0 Å². The third-order valence-electron chi connectivity index (χ3n) is 1.67. The van der Waals surface area contributed by atoms with Crippen molar-refractivity contribution in [1.29, 1.82) is 0 Å². The zero-order chi connectivity index (χ0) is 12.2. The van der Waals surface area contributed by atoms with E-state index in [-0.39, 0.29) is 10.7 Å². The number of nitrogens with one attached hydrogen (secondary N) is 1. The maximum atomic E-state index is 12.1. The van der Waals surface area contributed by atoms with Gasteiger partial charge in [0.25, 0.3) is 5.76 Å². The van der Waals surface area contributed by atoms with Crippen LogP contribution in [0, 0.1) is 0 Å². The molecular weight excluding hydrogens is 236 g/mol. The summed E-state index contributed by atoms with van der Waals surface area (Å²) in [5.74, 6) is -2.50. The Bertz CT molecular complexity index is 322. The van der Waals surface area contributed by atoms with Crippen molar-refractivity contribution in [3.63, 3.8) is 0 Å². The average Bonchev–Trinajstić information content (AvgIpc) is 2.49. The summed E-state index contributed by atoms with van der Waals surface area (Å²) in [5, 5.41) is 13.9. The zero-order valence-electron chi connectivity index (χ0n) is 9.44. The van der Waals surface area contributed by atoms with E-state index in [0.29, 0.717) is 24.9 Å². The van der Waals surface area contributed by atoms with Gasteiger partial charge in [-0.1, -0.05) is 0 Å². The van der Waals surface area contributed by atoms with Crippen LogP contribution in [0.3, 0.4) is 0 Å². The second kappa shape index (κ2) is 5.53. The molecule has 1 rings (SSSR count). The van der Waals surface area contributed by atoms with Gasteiger partial charge in [-0.2, -0.15) is 8.78 Å². The molecule has 8 heteroatoms. The van der Waals surface area contributed by atoms with Crippen LogP contribution in [0.1, 0.15) is 20.8 Å². The quantitative estimate of drug-likeness (QED) is 0.801. The molecule has 5 nitrogen and oxygen atoms in total. The van der Waals surface area contributed by atoms with Gasteiger partial charge in [-0.15, -0.1) is 5.10 Å². The molecule has 0 radical (unpaired) electrons. The lowest BCUT2D eigenvalue weighted by Crippen LogP contribution is -2.38. The number of hydrogen-bond donors (Lipinski definition) is 1. The lowest BCUT2D eigenvalue weighted by atomic mass is 10.1. The standard InChI is InChI=1S/C8H15F2N5S/c1-8(2,3)11-4-5-15-7(12-13-14-15)16-6(9)10/h6,11H,4-5H2,1-3H3. The molecule has 0 aliphatic carbocycles. The van der Waals surface area contributed by atoms with Crippen molar-refractivity contribution in [3.8, 4) is 0 Å². The number of halogens is 2. The van der Waals surface area contributed by atoms with E-state index in [1.165, 1.54) is 4.68 Å². The summed E-state index contributed by atoms with van der Waals surface area (Å²) < 4.78 is 25.6. The number of tetrazole rings is 1. The Kier molecular flexibility index (Phi) is 4.60. The normalized spacial score (nSPS) is 12.4. The van der Waals surface area contributed by atoms with E-state index < -0.39 is 5.76 Å². The van der Waals surface area contributed by atoms with Gasteiger partial charge in [0.05, 0.1) is 6.54 Å². The SMILES string of the molecule is CC(C)(C)NCCn1nnnc1SC(F)F. The van der Waals surface area contributed by atoms with Crippen LogP contribution in [-0.4, -0.2) is 38.0 Å². The number of aromatic nitrogens is 4. The first-order valence-corrected chi connectivity index (χ1v) is 5.72. The predicted molar refractivity (Wildman–Crippen MR) is 57.4 cm³/mol. The van der Waals surface area contributed by atoms with Crippen LogP contribution < -0.4 is 5.32 Å². The Balaban J connectivity index is 2.45. The van der Waals surface area contributed by atoms with Crippen LogP contribution in [0.15, 0.2) is 5.16 Å². The smallest absolute Gasteiger partial charge is 0.291 e. The molecular formula is C8H15F2N5S. The van der Waals surface area contributed by atoms with Crippen molar-refractivity contribution in [2.45, 2.75) is 43.8 Å². The summed E-state index contributed by atoms with van der Waals surface area (Å²) in [6.07, 6.45) is 0. The largest absolute Gasteiger partial charge is 0.310 e. The summed E-state index contributed by atoms with van der Waals surface area (Å²) in [7, 11) is 0. The summed E-state index contributed by atoms with van der Waals surface area (Å²) in [6.45, 7) is 7.19. The maximum absolute atomic E-state index is 12.1. The van der Waals surface area contributed by atoms with E-state index >= 15 is 0 Å². The molecule has 0 bridgehead atoms. The van der Waals surface area contributed by atoms with Gasteiger partial charge >= 0.3 is 0 Å². The Hall–Kier alpha value is -0.760. The third-order valence-corrected chi connectivity index (χ3v) is 2.35.